The number of hydrogen-bond acceptors (Lipinski definition) is 3. The summed E-state index contributed by atoms with van der Waals surface area (Å²) in [6.07, 6.45) is 0.672. The van der Waals surface area contributed by atoms with Gasteiger partial charge in [0.15, 0.2) is 0 Å². The molecule has 6 nitrogen and oxygen atoms in total. The van der Waals surface area contributed by atoms with Gasteiger partial charge in [-0.3, -0.25) is 14.4 Å². The van der Waals surface area contributed by atoms with E-state index in [1.807, 2.05) is 18.2 Å². The summed E-state index contributed by atoms with van der Waals surface area (Å²) < 4.78 is 0. The van der Waals surface area contributed by atoms with E-state index in [0.717, 1.165) is 11.1 Å². The summed E-state index contributed by atoms with van der Waals surface area (Å²) in [5.41, 5.74) is 3.08. The van der Waals surface area contributed by atoms with Gasteiger partial charge in [-0.1, -0.05) is 24.3 Å². The van der Waals surface area contributed by atoms with Crippen molar-refractivity contribution in [3.05, 3.63) is 70.8 Å². The van der Waals surface area contributed by atoms with Crippen LogP contribution in [0.5, 0.6) is 0 Å². The third-order valence-corrected chi connectivity index (χ3v) is 3.87. The fraction of sp³-hybridized carbons (Fsp3) is 0.250. The monoisotopic (exact) mass is 353 g/mol. The molecule has 0 unspecified atom stereocenters. The number of carbonyl (C=O) groups excluding carboxylic acids is 3. The van der Waals surface area contributed by atoms with Crippen LogP contribution in [0, 0.1) is 0 Å². The first kappa shape index (κ1) is 19.2. The molecular formula is C20H23N3O3. The normalized spacial score (nSPS) is 10.1. The van der Waals surface area contributed by atoms with Crippen LogP contribution < -0.4 is 16.0 Å². The van der Waals surface area contributed by atoms with Crippen LogP contribution in [0.15, 0.2) is 48.5 Å². The third-order valence-electron chi connectivity index (χ3n) is 3.87. The van der Waals surface area contributed by atoms with Gasteiger partial charge in [-0.25, -0.2) is 0 Å². The maximum absolute atomic E-state index is 12.3. The molecule has 0 aliphatic heterocycles. The Morgan fingerprint density at radius 3 is 2.23 bits per heavy atom. The zero-order valence-corrected chi connectivity index (χ0v) is 15.0. The van der Waals surface area contributed by atoms with Gasteiger partial charge in [-0.15, -0.1) is 0 Å². The molecule has 2 aromatic carbocycles. The van der Waals surface area contributed by atoms with E-state index in [1.165, 1.54) is 6.92 Å². The van der Waals surface area contributed by atoms with Gasteiger partial charge in [-0.2, -0.15) is 0 Å². The molecule has 3 amide bonds. The molecule has 6 heteroatoms. The molecule has 0 aliphatic carbocycles. The van der Waals surface area contributed by atoms with Gasteiger partial charge in [0, 0.05) is 38.2 Å². The van der Waals surface area contributed by atoms with Gasteiger partial charge in [0.05, 0.1) is 0 Å². The second-order valence-corrected chi connectivity index (χ2v) is 5.89. The van der Waals surface area contributed by atoms with E-state index >= 15 is 0 Å². The zero-order valence-electron chi connectivity index (χ0n) is 15.0. The van der Waals surface area contributed by atoms with Crippen molar-refractivity contribution < 1.29 is 14.4 Å². The lowest BCUT2D eigenvalue weighted by atomic mass is 10.1. The average Bonchev–Trinajstić information content (AvgIpc) is 2.66. The minimum absolute atomic E-state index is 0.109. The Kier molecular flexibility index (Phi) is 6.91. The smallest absolute Gasteiger partial charge is 0.251 e. The molecule has 0 radical (unpaired) electrons. The SMILES string of the molecule is CNC(=O)c1ccc(CCNC(=O)c2cccc(CNC(C)=O)c2)cc1. The van der Waals surface area contributed by atoms with Gasteiger partial charge in [0.2, 0.25) is 5.91 Å². The van der Waals surface area contributed by atoms with Crippen LogP contribution in [0.2, 0.25) is 0 Å². The lowest BCUT2D eigenvalue weighted by Gasteiger charge is -2.08. The van der Waals surface area contributed by atoms with E-state index < -0.39 is 0 Å². The van der Waals surface area contributed by atoms with E-state index in [9.17, 15) is 14.4 Å². The van der Waals surface area contributed by atoms with Crippen molar-refractivity contribution in [1.29, 1.82) is 0 Å². The Balaban J connectivity index is 1.85. The standard InChI is InChI=1S/C20H23N3O3/c1-14(24)23-13-16-4-3-5-18(12-16)20(26)22-11-10-15-6-8-17(9-7-15)19(25)21-2/h3-9,12H,10-11,13H2,1-2H3,(H,21,25)(H,22,26)(H,23,24). The molecule has 26 heavy (non-hydrogen) atoms. The number of benzene rings is 2. The molecule has 0 aliphatic rings. The Labute approximate surface area is 153 Å². The molecule has 0 atom stereocenters. The highest BCUT2D eigenvalue weighted by molar-refractivity contribution is 5.94. The highest BCUT2D eigenvalue weighted by Gasteiger charge is 2.07. The summed E-state index contributed by atoms with van der Waals surface area (Å²) in [4.78, 5) is 34.7. The van der Waals surface area contributed by atoms with Gasteiger partial charge in [-0.05, 0) is 41.8 Å². The molecule has 0 heterocycles. The van der Waals surface area contributed by atoms with Gasteiger partial charge >= 0.3 is 0 Å². The molecule has 0 fully saturated rings. The molecule has 3 N–H and O–H groups in total. The quantitative estimate of drug-likeness (QED) is 0.707. The Hall–Kier alpha value is -3.15. The predicted octanol–water partition coefficient (Wildman–Crippen LogP) is 1.65. The lowest BCUT2D eigenvalue weighted by molar-refractivity contribution is -0.119. The van der Waals surface area contributed by atoms with E-state index in [2.05, 4.69) is 16.0 Å². The molecular weight excluding hydrogens is 330 g/mol. The van der Waals surface area contributed by atoms with Crippen LogP contribution in [-0.4, -0.2) is 31.3 Å². The Bertz CT molecular complexity index is 785. The lowest BCUT2D eigenvalue weighted by Crippen LogP contribution is -2.26. The number of amides is 3. The van der Waals surface area contributed by atoms with Crippen molar-refractivity contribution in [2.24, 2.45) is 0 Å². The predicted molar refractivity (Wildman–Crippen MR) is 99.8 cm³/mol. The number of carbonyl (C=O) groups is 3. The Morgan fingerprint density at radius 1 is 0.846 bits per heavy atom. The molecule has 0 saturated heterocycles. The van der Waals surface area contributed by atoms with Crippen molar-refractivity contribution in [1.82, 2.24) is 16.0 Å². The number of hydrogen-bond donors (Lipinski definition) is 3. The van der Waals surface area contributed by atoms with Crippen LogP contribution in [-0.2, 0) is 17.8 Å². The van der Waals surface area contributed by atoms with Crippen molar-refractivity contribution >= 4 is 17.7 Å². The topological polar surface area (TPSA) is 87.3 Å². The van der Waals surface area contributed by atoms with Crippen molar-refractivity contribution in [2.75, 3.05) is 13.6 Å². The fourth-order valence-electron chi connectivity index (χ4n) is 2.44. The number of nitrogens with one attached hydrogen (secondary N) is 3. The summed E-state index contributed by atoms with van der Waals surface area (Å²) >= 11 is 0. The van der Waals surface area contributed by atoms with E-state index in [0.29, 0.717) is 30.6 Å². The summed E-state index contributed by atoms with van der Waals surface area (Å²) in [5, 5.41) is 8.17. The summed E-state index contributed by atoms with van der Waals surface area (Å²) in [6.45, 7) is 2.35. The van der Waals surface area contributed by atoms with E-state index in [1.54, 1.807) is 37.4 Å². The van der Waals surface area contributed by atoms with E-state index in [4.69, 9.17) is 0 Å². The van der Waals surface area contributed by atoms with Crippen molar-refractivity contribution in [3.63, 3.8) is 0 Å². The maximum atomic E-state index is 12.3. The van der Waals surface area contributed by atoms with Gasteiger partial charge < -0.3 is 16.0 Å². The molecule has 2 rings (SSSR count). The second kappa shape index (κ2) is 9.36. The molecule has 136 valence electrons. The van der Waals surface area contributed by atoms with Crippen LogP contribution in [0.3, 0.4) is 0 Å². The Morgan fingerprint density at radius 2 is 1.58 bits per heavy atom. The number of rotatable bonds is 7. The molecule has 0 bridgehead atoms. The first-order valence-corrected chi connectivity index (χ1v) is 8.42. The molecule has 2 aromatic rings. The van der Waals surface area contributed by atoms with Crippen LogP contribution in [0.1, 0.15) is 38.8 Å². The molecule has 0 saturated carbocycles. The summed E-state index contributed by atoms with van der Waals surface area (Å²) in [6, 6.07) is 14.5. The van der Waals surface area contributed by atoms with Gasteiger partial charge in [0.1, 0.15) is 0 Å². The maximum Gasteiger partial charge on any atom is 0.251 e. The highest BCUT2D eigenvalue weighted by atomic mass is 16.2. The molecule has 0 spiro atoms. The zero-order chi connectivity index (χ0) is 18.9. The first-order valence-electron chi connectivity index (χ1n) is 8.42. The average molecular weight is 353 g/mol. The second-order valence-electron chi connectivity index (χ2n) is 5.89. The summed E-state index contributed by atoms with van der Waals surface area (Å²) in [7, 11) is 1.59. The van der Waals surface area contributed by atoms with E-state index in [-0.39, 0.29) is 17.7 Å². The largest absolute Gasteiger partial charge is 0.355 e. The first-order chi connectivity index (χ1) is 12.5. The highest BCUT2D eigenvalue weighted by Crippen LogP contribution is 2.07. The van der Waals surface area contributed by atoms with Crippen molar-refractivity contribution in [2.45, 2.75) is 19.9 Å². The molecule has 0 aromatic heterocycles. The minimum Gasteiger partial charge on any atom is -0.355 e. The third kappa shape index (κ3) is 5.73. The van der Waals surface area contributed by atoms with Crippen molar-refractivity contribution in [3.8, 4) is 0 Å². The fourth-order valence-corrected chi connectivity index (χ4v) is 2.44. The van der Waals surface area contributed by atoms with Crippen LogP contribution in [0.25, 0.3) is 0 Å². The minimum atomic E-state index is -0.156. The van der Waals surface area contributed by atoms with Gasteiger partial charge in [0.25, 0.3) is 11.8 Å². The van der Waals surface area contributed by atoms with Crippen LogP contribution in [0.4, 0.5) is 0 Å². The van der Waals surface area contributed by atoms with Crippen LogP contribution >= 0.6 is 0 Å². The summed E-state index contributed by atoms with van der Waals surface area (Å²) in [5.74, 6) is -0.386.